The molecule has 1 aromatic rings. The van der Waals surface area contributed by atoms with Gasteiger partial charge in [0.05, 0.1) is 12.2 Å². The van der Waals surface area contributed by atoms with Crippen LogP contribution in [0, 0.1) is 0 Å². The fraction of sp³-hybridized carbons (Fsp3) is 0.619. The number of amides is 3. The number of hydroxylamine groups is 1. The Kier molecular flexibility index (Phi) is 8.15. The number of carboxylic acids is 1. The number of nitrogens with one attached hydrogen (secondary N) is 3. The molecule has 3 atom stereocenters. The Morgan fingerprint density at radius 1 is 1.28 bits per heavy atom. The number of carboxylic acid groups (broad SMARTS) is 1. The van der Waals surface area contributed by atoms with Crippen LogP contribution in [0.2, 0.25) is 0 Å². The average Bonchev–Trinajstić information content (AvgIpc) is 3.35. The van der Waals surface area contributed by atoms with E-state index in [-0.39, 0.29) is 30.3 Å². The molecule has 198 valence electrons. The standard InChI is InChI=1S/C21H29N5O9S/c1-10-6-21(17(29)30,7-11(2)33-10)35-25-14(16(28)22-12-8-32-26-15(12)27)13-9-36-18(23-13)24-19(31)34-20(3,4)5/h9-12H,6-8H2,1-5H3,(H,22,28)(H,26,27)(H,29,30)(H,23,24,31)/b25-14-/t10-,11-,12+/m1/s1. The first-order chi connectivity index (χ1) is 16.8. The van der Waals surface area contributed by atoms with Crippen LogP contribution in [0.4, 0.5) is 9.93 Å². The first-order valence-corrected chi connectivity index (χ1v) is 12.0. The zero-order chi connectivity index (χ0) is 26.7. The largest absolute Gasteiger partial charge is 0.478 e. The SMILES string of the molecule is C[C@@H]1CC(O/N=C(\C(=O)N[C@H]2CONC2=O)c2csc(NC(=O)OC(C)(C)C)n2)(C(=O)O)C[C@@H](C)O1. The highest BCUT2D eigenvalue weighted by atomic mass is 32.1. The molecule has 0 unspecified atom stereocenters. The van der Waals surface area contributed by atoms with Crippen molar-refractivity contribution >= 4 is 46.1 Å². The lowest BCUT2D eigenvalue weighted by atomic mass is 9.88. The van der Waals surface area contributed by atoms with Gasteiger partial charge in [0.25, 0.3) is 11.8 Å². The van der Waals surface area contributed by atoms with E-state index in [2.05, 4.69) is 26.3 Å². The Morgan fingerprint density at radius 3 is 2.50 bits per heavy atom. The van der Waals surface area contributed by atoms with Crippen molar-refractivity contribution in [1.82, 2.24) is 15.8 Å². The lowest BCUT2D eigenvalue weighted by Crippen LogP contribution is -2.51. The highest BCUT2D eigenvalue weighted by molar-refractivity contribution is 7.14. The van der Waals surface area contributed by atoms with E-state index < -0.39 is 59.0 Å². The number of thiazole rings is 1. The van der Waals surface area contributed by atoms with Crippen molar-refractivity contribution in [2.45, 2.75) is 76.9 Å². The zero-order valence-corrected chi connectivity index (χ0v) is 21.3. The summed E-state index contributed by atoms with van der Waals surface area (Å²) in [6, 6.07) is -1.00. The summed E-state index contributed by atoms with van der Waals surface area (Å²) in [7, 11) is 0. The first kappa shape index (κ1) is 27.3. The minimum absolute atomic E-state index is 0.00748. The second-order valence-corrected chi connectivity index (χ2v) is 10.3. The molecule has 3 rings (SSSR count). The van der Waals surface area contributed by atoms with Crippen molar-refractivity contribution in [3.63, 3.8) is 0 Å². The van der Waals surface area contributed by atoms with Gasteiger partial charge in [-0.2, -0.15) is 0 Å². The van der Waals surface area contributed by atoms with E-state index in [0.717, 1.165) is 11.3 Å². The van der Waals surface area contributed by atoms with Crippen LogP contribution in [-0.4, -0.2) is 75.7 Å². The second-order valence-electron chi connectivity index (χ2n) is 9.46. The van der Waals surface area contributed by atoms with E-state index in [1.165, 1.54) is 5.38 Å². The van der Waals surface area contributed by atoms with Crippen LogP contribution in [0.1, 0.15) is 53.2 Å². The molecule has 0 radical (unpaired) electrons. The molecule has 36 heavy (non-hydrogen) atoms. The third kappa shape index (κ3) is 6.89. The average molecular weight is 528 g/mol. The van der Waals surface area contributed by atoms with Gasteiger partial charge in [0, 0.05) is 18.2 Å². The number of oxime groups is 1. The molecule has 0 bridgehead atoms. The van der Waals surface area contributed by atoms with Gasteiger partial charge in [-0.3, -0.25) is 19.7 Å². The first-order valence-electron chi connectivity index (χ1n) is 11.1. The predicted octanol–water partition coefficient (Wildman–Crippen LogP) is 1.17. The Morgan fingerprint density at radius 2 is 1.94 bits per heavy atom. The van der Waals surface area contributed by atoms with Gasteiger partial charge in [-0.1, -0.05) is 5.16 Å². The van der Waals surface area contributed by atoms with Crippen molar-refractivity contribution in [3.8, 4) is 0 Å². The molecule has 2 fully saturated rings. The molecule has 0 saturated carbocycles. The number of rotatable bonds is 7. The van der Waals surface area contributed by atoms with Gasteiger partial charge >= 0.3 is 12.1 Å². The van der Waals surface area contributed by atoms with E-state index in [0.29, 0.717) is 0 Å². The molecule has 15 heteroatoms. The molecule has 2 saturated heterocycles. The molecule has 0 spiro atoms. The van der Waals surface area contributed by atoms with Gasteiger partial charge < -0.3 is 24.7 Å². The number of anilines is 1. The molecule has 1 aromatic heterocycles. The summed E-state index contributed by atoms with van der Waals surface area (Å²) >= 11 is 0.981. The number of nitrogens with zero attached hydrogens (tertiary/aromatic N) is 2. The number of carbonyl (C=O) groups is 4. The molecule has 4 N–H and O–H groups in total. The lowest BCUT2D eigenvalue weighted by Gasteiger charge is -2.37. The molecular weight excluding hydrogens is 498 g/mol. The maximum absolute atomic E-state index is 13.1. The molecule has 3 heterocycles. The summed E-state index contributed by atoms with van der Waals surface area (Å²) in [4.78, 5) is 63.7. The van der Waals surface area contributed by atoms with Gasteiger partial charge in [0.15, 0.2) is 10.8 Å². The van der Waals surface area contributed by atoms with Crippen molar-refractivity contribution in [2.24, 2.45) is 5.16 Å². The van der Waals surface area contributed by atoms with Gasteiger partial charge in [0.2, 0.25) is 5.60 Å². The van der Waals surface area contributed by atoms with Crippen LogP contribution >= 0.6 is 11.3 Å². The molecule has 2 aliphatic heterocycles. The highest BCUT2D eigenvalue weighted by Gasteiger charge is 2.48. The molecule has 2 aliphatic rings. The number of hydrogen-bond acceptors (Lipinski definition) is 11. The molecule has 3 amide bonds. The summed E-state index contributed by atoms with van der Waals surface area (Å²) in [5, 5.41) is 20.2. The third-order valence-corrected chi connectivity index (χ3v) is 5.77. The fourth-order valence-electron chi connectivity index (χ4n) is 3.64. The van der Waals surface area contributed by atoms with Crippen molar-refractivity contribution in [1.29, 1.82) is 0 Å². The van der Waals surface area contributed by atoms with Crippen LogP contribution in [0.3, 0.4) is 0 Å². The molecule has 14 nitrogen and oxygen atoms in total. The van der Waals surface area contributed by atoms with Crippen molar-refractivity contribution in [2.75, 3.05) is 11.9 Å². The quantitative estimate of drug-likeness (QED) is 0.296. The van der Waals surface area contributed by atoms with Crippen LogP contribution in [-0.2, 0) is 33.5 Å². The normalized spacial score (nSPS) is 26.6. The van der Waals surface area contributed by atoms with Gasteiger partial charge in [-0.15, -0.1) is 11.3 Å². The minimum atomic E-state index is -1.75. The van der Waals surface area contributed by atoms with E-state index in [4.69, 9.17) is 19.1 Å². The maximum atomic E-state index is 13.1. The van der Waals surface area contributed by atoms with Gasteiger partial charge in [-0.05, 0) is 34.6 Å². The summed E-state index contributed by atoms with van der Waals surface area (Å²) < 4.78 is 10.8. The molecule has 0 aliphatic carbocycles. The van der Waals surface area contributed by atoms with Gasteiger partial charge in [0.1, 0.15) is 23.9 Å². The third-order valence-electron chi connectivity index (χ3n) is 5.01. The topological polar surface area (TPSA) is 187 Å². The predicted molar refractivity (Wildman–Crippen MR) is 125 cm³/mol. The molecule has 0 aromatic carbocycles. The van der Waals surface area contributed by atoms with Crippen LogP contribution in [0.5, 0.6) is 0 Å². The van der Waals surface area contributed by atoms with Crippen LogP contribution in [0.15, 0.2) is 10.5 Å². The lowest BCUT2D eigenvalue weighted by molar-refractivity contribution is -0.194. The number of ether oxygens (including phenoxy) is 2. The van der Waals surface area contributed by atoms with E-state index in [9.17, 15) is 24.3 Å². The summed E-state index contributed by atoms with van der Waals surface area (Å²) in [5.41, 5.74) is -0.774. The minimum Gasteiger partial charge on any atom is -0.478 e. The van der Waals surface area contributed by atoms with Crippen molar-refractivity contribution < 1.29 is 43.4 Å². The van der Waals surface area contributed by atoms with E-state index in [1.807, 2.05) is 0 Å². The zero-order valence-electron chi connectivity index (χ0n) is 20.4. The summed E-state index contributed by atoms with van der Waals surface area (Å²) in [6.07, 6.45) is -1.63. The Hall–Kier alpha value is -3.30. The number of aromatic nitrogens is 1. The number of hydrogen-bond donors (Lipinski definition) is 4. The van der Waals surface area contributed by atoms with E-state index >= 15 is 0 Å². The Labute approximate surface area is 210 Å². The van der Waals surface area contributed by atoms with Crippen molar-refractivity contribution in [3.05, 3.63) is 11.1 Å². The Bertz CT molecular complexity index is 1040. The summed E-state index contributed by atoms with van der Waals surface area (Å²) in [6.45, 7) is 8.40. The van der Waals surface area contributed by atoms with Gasteiger partial charge in [-0.25, -0.2) is 20.1 Å². The number of aliphatic carboxylic acids is 1. The molecular formula is C21H29N5O9S. The smallest absolute Gasteiger partial charge is 0.413 e. The monoisotopic (exact) mass is 527 g/mol. The summed E-state index contributed by atoms with van der Waals surface area (Å²) in [5.74, 6) is -2.69. The number of carbonyl (C=O) groups excluding carboxylic acids is 3. The second kappa shape index (κ2) is 10.8. The van der Waals surface area contributed by atoms with Crippen LogP contribution in [0.25, 0.3) is 0 Å². The maximum Gasteiger partial charge on any atom is 0.413 e. The highest BCUT2D eigenvalue weighted by Crippen LogP contribution is 2.33. The fourth-order valence-corrected chi connectivity index (χ4v) is 4.32. The Balaban J connectivity index is 1.88. The van der Waals surface area contributed by atoms with Crippen LogP contribution < -0.4 is 16.1 Å². The van der Waals surface area contributed by atoms with E-state index in [1.54, 1.807) is 34.6 Å².